The summed E-state index contributed by atoms with van der Waals surface area (Å²) in [5, 5.41) is 15.3. The number of hydrogen-bond donors (Lipinski definition) is 2. The lowest BCUT2D eigenvalue weighted by molar-refractivity contribution is 0.0945. The highest BCUT2D eigenvalue weighted by molar-refractivity contribution is 9.10. The second-order valence-electron chi connectivity index (χ2n) is 3.63. The number of rotatable bonds is 4. The summed E-state index contributed by atoms with van der Waals surface area (Å²) < 4.78 is 2.61. The van der Waals surface area contributed by atoms with E-state index in [2.05, 4.69) is 26.3 Å². The van der Waals surface area contributed by atoms with Gasteiger partial charge < -0.3 is 10.4 Å². The number of nitrogens with one attached hydrogen (secondary N) is 1. The number of benzene rings is 1. The molecule has 0 bridgehead atoms. The van der Waals surface area contributed by atoms with E-state index in [1.165, 1.54) is 6.20 Å². The van der Waals surface area contributed by atoms with Crippen LogP contribution >= 0.6 is 15.9 Å². The van der Waals surface area contributed by atoms with Crippen LogP contribution in [-0.4, -0.2) is 33.9 Å². The average Bonchev–Trinajstić information content (AvgIpc) is 2.86. The van der Waals surface area contributed by atoms with E-state index in [0.29, 0.717) is 5.56 Å². The molecule has 5 nitrogen and oxygen atoms in total. The van der Waals surface area contributed by atoms with Gasteiger partial charge in [-0.3, -0.25) is 4.79 Å². The Labute approximate surface area is 113 Å². The van der Waals surface area contributed by atoms with Gasteiger partial charge in [-0.25, -0.2) is 4.68 Å². The van der Waals surface area contributed by atoms with E-state index in [1.54, 1.807) is 10.9 Å². The van der Waals surface area contributed by atoms with Gasteiger partial charge in [0.25, 0.3) is 5.91 Å². The zero-order chi connectivity index (χ0) is 13.0. The van der Waals surface area contributed by atoms with Crippen molar-refractivity contribution in [2.45, 2.75) is 0 Å². The highest BCUT2D eigenvalue weighted by Gasteiger charge is 2.08. The fourth-order valence-electron chi connectivity index (χ4n) is 1.45. The quantitative estimate of drug-likeness (QED) is 0.896. The van der Waals surface area contributed by atoms with Gasteiger partial charge in [-0.05, 0) is 24.3 Å². The molecule has 0 saturated carbocycles. The van der Waals surface area contributed by atoms with Crippen LogP contribution in [0.4, 0.5) is 0 Å². The van der Waals surface area contributed by atoms with Gasteiger partial charge >= 0.3 is 0 Å². The molecular formula is C12H12BrN3O2. The van der Waals surface area contributed by atoms with Crippen molar-refractivity contribution in [1.29, 1.82) is 0 Å². The van der Waals surface area contributed by atoms with E-state index in [1.807, 2.05) is 24.3 Å². The smallest absolute Gasteiger partial charge is 0.254 e. The molecule has 0 radical (unpaired) electrons. The monoisotopic (exact) mass is 309 g/mol. The van der Waals surface area contributed by atoms with Gasteiger partial charge in [-0.1, -0.05) is 15.9 Å². The van der Waals surface area contributed by atoms with E-state index in [0.717, 1.165) is 10.2 Å². The zero-order valence-electron chi connectivity index (χ0n) is 9.51. The van der Waals surface area contributed by atoms with Crippen LogP contribution in [0.15, 0.2) is 41.1 Å². The lowest BCUT2D eigenvalue weighted by Gasteiger charge is -2.01. The van der Waals surface area contributed by atoms with Crippen molar-refractivity contribution in [2.75, 3.05) is 13.2 Å². The third kappa shape index (κ3) is 2.96. The molecule has 2 aromatic rings. The minimum absolute atomic E-state index is 0.0768. The second-order valence-corrected chi connectivity index (χ2v) is 4.55. The Morgan fingerprint density at radius 1 is 1.39 bits per heavy atom. The van der Waals surface area contributed by atoms with Gasteiger partial charge in [0, 0.05) is 17.2 Å². The van der Waals surface area contributed by atoms with E-state index in [-0.39, 0.29) is 19.1 Å². The van der Waals surface area contributed by atoms with Crippen LogP contribution in [0.2, 0.25) is 0 Å². The Kier molecular flexibility index (Phi) is 4.11. The van der Waals surface area contributed by atoms with Gasteiger partial charge in [-0.15, -0.1) is 0 Å². The molecule has 0 aliphatic carbocycles. The van der Waals surface area contributed by atoms with Crippen molar-refractivity contribution in [3.05, 3.63) is 46.7 Å². The molecule has 94 valence electrons. The average molecular weight is 310 g/mol. The standard InChI is InChI=1S/C12H12BrN3O2/c13-10-1-3-11(4-2-10)16-8-9(7-15-16)12(18)14-5-6-17/h1-4,7-8,17H,5-6H2,(H,14,18). The Hall–Kier alpha value is -1.66. The first-order chi connectivity index (χ1) is 8.70. The van der Waals surface area contributed by atoms with E-state index >= 15 is 0 Å². The van der Waals surface area contributed by atoms with Crippen molar-refractivity contribution < 1.29 is 9.90 Å². The van der Waals surface area contributed by atoms with Crippen molar-refractivity contribution in [2.24, 2.45) is 0 Å². The van der Waals surface area contributed by atoms with Gasteiger partial charge in [-0.2, -0.15) is 5.10 Å². The van der Waals surface area contributed by atoms with Gasteiger partial charge in [0.2, 0.25) is 0 Å². The number of aromatic nitrogens is 2. The summed E-state index contributed by atoms with van der Waals surface area (Å²) in [4.78, 5) is 11.6. The molecule has 0 spiro atoms. The van der Waals surface area contributed by atoms with E-state index < -0.39 is 0 Å². The molecule has 0 saturated heterocycles. The summed E-state index contributed by atoms with van der Waals surface area (Å²) in [6.45, 7) is 0.162. The molecule has 1 amide bonds. The maximum Gasteiger partial charge on any atom is 0.254 e. The van der Waals surface area contributed by atoms with E-state index in [4.69, 9.17) is 5.11 Å². The number of aliphatic hydroxyl groups excluding tert-OH is 1. The van der Waals surface area contributed by atoms with Crippen LogP contribution in [0.25, 0.3) is 5.69 Å². The summed E-state index contributed by atoms with van der Waals surface area (Å²) in [6.07, 6.45) is 3.14. The van der Waals surface area contributed by atoms with Crippen LogP contribution in [0.5, 0.6) is 0 Å². The molecule has 1 heterocycles. The highest BCUT2D eigenvalue weighted by atomic mass is 79.9. The summed E-state index contributed by atoms with van der Waals surface area (Å²) in [7, 11) is 0. The SMILES string of the molecule is O=C(NCCO)c1cnn(-c2ccc(Br)cc2)c1. The zero-order valence-corrected chi connectivity index (χ0v) is 11.1. The highest BCUT2D eigenvalue weighted by Crippen LogP contribution is 2.13. The predicted octanol–water partition coefficient (Wildman–Crippen LogP) is 1.36. The molecule has 1 aromatic heterocycles. The van der Waals surface area contributed by atoms with Gasteiger partial charge in [0.1, 0.15) is 0 Å². The molecule has 6 heteroatoms. The first-order valence-corrected chi connectivity index (χ1v) is 6.19. The lowest BCUT2D eigenvalue weighted by atomic mass is 10.3. The minimum atomic E-state index is -0.243. The van der Waals surface area contributed by atoms with Gasteiger partial charge in [0.15, 0.2) is 0 Å². The minimum Gasteiger partial charge on any atom is -0.395 e. The Morgan fingerprint density at radius 2 is 2.11 bits per heavy atom. The summed E-state index contributed by atoms with van der Waals surface area (Å²) in [5.74, 6) is -0.243. The molecule has 2 rings (SSSR count). The van der Waals surface area contributed by atoms with Crippen molar-refractivity contribution in [1.82, 2.24) is 15.1 Å². The second kappa shape index (κ2) is 5.79. The van der Waals surface area contributed by atoms with Crippen LogP contribution in [0, 0.1) is 0 Å². The van der Waals surface area contributed by atoms with Crippen molar-refractivity contribution >= 4 is 21.8 Å². The van der Waals surface area contributed by atoms with Gasteiger partial charge in [0.05, 0.1) is 24.1 Å². The molecule has 0 unspecified atom stereocenters. The number of carbonyl (C=O) groups is 1. The lowest BCUT2D eigenvalue weighted by Crippen LogP contribution is -2.25. The van der Waals surface area contributed by atoms with Crippen LogP contribution in [-0.2, 0) is 0 Å². The summed E-state index contributed by atoms with van der Waals surface area (Å²) in [5.41, 5.74) is 1.34. The Morgan fingerprint density at radius 3 is 2.78 bits per heavy atom. The van der Waals surface area contributed by atoms with Crippen LogP contribution < -0.4 is 5.32 Å². The molecule has 0 aliphatic rings. The molecule has 2 N–H and O–H groups in total. The number of carbonyl (C=O) groups excluding carboxylic acids is 1. The molecular weight excluding hydrogens is 298 g/mol. The van der Waals surface area contributed by atoms with E-state index in [9.17, 15) is 4.79 Å². The number of aliphatic hydroxyl groups is 1. The third-order valence-corrected chi connectivity index (χ3v) is 2.86. The maximum absolute atomic E-state index is 11.6. The van der Waals surface area contributed by atoms with Crippen LogP contribution in [0.1, 0.15) is 10.4 Å². The largest absolute Gasteiger partial charge is 0.395 e. The molecule has 0 atom stereocenters. The Balaban J connectivity index is 2.15. The predicted molar refractivity (Wildman–Crippen MR) is 70.7 cm³/mol. The topological polar surface area (TPSA) is 67.2 Å². The number of amides is 1. The molecule has 1 aromatic carbocycles. The number of nitrogens with zero attached hydrogens (tertiary/aromatic N) is 2. The maximum atomic E-state index is 11.6. The normalized spacial score (nSPS) is 10.3. The molecule has 0 aliphatic heterocycles. The Bertz CT molecular complexity index is 537. The summed E-state index contributed by atoms with van der Waals surface area (Å²) in [6, 6.07) is 7.60. The van der Waals surface area contributed by atoms with Crippen molar-refractivity contribution in [3.63, 3.8) is 0 Å². The molecule has 18 heavy (non-hydrogen) atoms. The number of halogens is 1. The number of hydrogen-bond acceptors (Lipinski definition) is 3. The fraction of sp³-hybridized carbons (Fsp3) is 0.167. The first kappa shape index (κ1) is 12.8. The molecule has 0 fully saturated rings. The summed E-state index contributed by atoms with van der Waals surface area (Å²) >= 11 is 3.36. The third-order valence-electron chi connectivity index (χ3n) is 2.33. The first-order valence-electron chi connectivity index (χ1n) is 5.40. The van der Waals surface area contributed by atoms with Crippen molar-refractivity contribution in [3.8, 4) is 5.69 Å². The fourth-order valence-corrected chi connectivity index (χ4v) is 1.71. The van der Waals surface area contributed by atoms with Crippen LogP contribution in [0.3, 0.4) is 0 Å².